The number of rotatable bonds is 8. The predicted molar refractivity (Wildman–Crippen MR) is 107 cm³/mol. The van der Waals surface area contributed by atoms with Crippen molar-refractivity contribution < 1.29 is 27.0 Å². The molecular formula is C21H18F4N4O2. The normalized spacial score (nSPS) is 11.4. The second kappa shape index (κ2) is 9.63. The van der Waals surface area contributed by atoms with Gasteiger partial charge in [-0.05, 0) is 17.7 Å². The molecule has 3 aromatic rings. The number of anilines is 2. The number of benzene rings is 2. The fraction of sp³-hybridized carbons (Fsp3) is 0.190. The van der Waals surface area contributed by atoms with Crippen LogP contribution in [0, 0.1) is 11.2 Å². The van der Waals surface area contributed by atoms with Crippen molar-refractivity contribution in [3.05, 3.63) is 71.8 Å². The van der Waals surface area contributed by atoms with Gasteiger partial charge in [-0.1, -0.05) is 30.3 Å². The van der Waals surface area contributed by atoms with E-state index in [1.807, 2.05) is 0 Å². The van der Waals surface area contributed by atoms with E-state index in [0.29, 0.717) is 16.7 Å². The summed E-state index contributed by atoms with van der Waals surface area (Å²) in [6, 6.07) is 10.1. The van der Waals surface area contributed by atoms with Crippen LogP contribution in [0.5, 0.6) is 0 Å². The van der Waals surface area contributed by atoms with Gasteiger partial charge >= 0.3 is 6.18 Å². The molecule has 3 rings (SSSR count). The number of methoxy groups -OCH3 is 1. The van der Waals surface area contributed by atoms with Crippen LogP contribution >= 0.6 is 0 Å². The third-order valence-corrected chi connectivity index (χ3v) is 4.19. The lowest BCUT2D eigenvalue weighted by atomic mass is 10.0. The monoisotopic (exact) mass is 434 g/mol. The van der Waals surface area contributed by atoms with E-state index < -0.39 is 17.7 Å². The molecule has 1 heterocycles. The molecule has 0 fully saturated rings. The van der Waals surface area contributed by atoms with Gasteiger partial charge < -0.3 is 14.8 Å². The zero-order valence-corrected chi connectivity index (χ0v) is 16.3. The summed E-state index contributed by atoms with van der Waals surface area (Å²) < 4.78 is 63.3. The third-order valence-electron chi connectivity index (χ3n) is 4.19. The van der Waals surface area contributed by atoms with Gasteiger partial charge in [0.05, 0.1) is 12.3 Å². The number of ether oxygens (including phenoxy) is 2. The third kappa shape index (κ3) is 5.62. The number of aromatic nitrogens is 2. The first kappa shape index (κ1) is 22.3. The Balaban J connectivity index is 1.89. The van der Waals surface area contributed by atoms with E-state index in [-0.39, 0.29) is 30.6 Å². The average molecular weight is 434 g/mol. The maximum atomic E-state index is 13.9. The van der Waals surface area contributed by atoms with E-state index in [1.54, 1.807) is 18.2 Å². The van der Waals surface area contributed by atoms with Crippen molar-refractivity contribution in [1.29, 1.82) is 5.41 Å². The molecule has 10 heteroatoms. The SMILES string of the molecule is COCOCc1ccc(C(=N)C(F)(F)F)c(Nc2ncc(-c3ccccc3F)cn2)c1. The molecule has 0 amide bonds. The lowest BCUT2D eigenvalue weighted by Gasteiger charge is -2.16. The molecule has 162 valence electrons. The number of nitrogens with one attached hydrogen (secondary N) is 2. The molecule has 0 radical (unpaired) electrons. The van der Waals surface area contributed by atoms with Gasteiger partial charge in [-0.3, -0.25) is 5.41 Å². The molecule has 2 N–H and O–H groups in total. The molecule has 0 saturated carbocycles. The minimum Gasteiger partial charge on any atom is -0.359 e. The van der Waals surface area contributed by atoms with Crippen LogP contribution in [0.3, 0.4) is 0 Å². The van der Waals surface area contributed by atoms with Gasteiger partial charge in [0.15, 0.2) is 0 Å². The number of halogens is 4. The Kier molecular flexibility index (Phi) is 6.93. The molecule has 0 atom stereocenters. The number of hydrogen-bond donors (Lipinski definition) is 2. The first-order valence-corrected chi connectivity index (χ1v) is 8.99. The molecule has 2 aromatic carbocycles. The molecule has 6 nitrogen and oxygen atoms in total. The standard InChI is InChI=1S/C21H18F4N4O2/c1-30-12-31-11-13-6-7-16(19(26)21(23,24)25)18(8-13)29-20-27-9-14(10-28-20)15-4-2-3-5-17(15)22/h2-10,26H,11-12H2,1H3,(H,27,28,29). The Hall–Kier alpha value is -3.37. The highest BCUT2D eigenvalue weighted by Crippen LogP contribution is 2.29. The zero-order valence-electron chi connectivity index (χ0n) is 16.3. The van der Waals surface area contributed by atoms with Gasteiger partial charge in [0.1, 0.15) is 18.3 Å². The predicted octanol–water partition coefficient (Wildman–Crippen LogP) is 5.08. The van der Waals surface area contributed by atoms with Gasteiger partial charge in [0, 0.05) is 36.2 Å². The molecule has 0 unspecified atom stereocenters. The Morgan fingerprint density at radius 2 is 1.81 bits per heavy atom. The zero-order chi connectivity index (χ0) is 22.4. The van der Waals surface area contributed by atoms with Crippen molar-refractivity contribution in [2.45, 2.75) is 12.8 Å². The first-order valence-electron chi connectivity index (χ1n) is 8.99. The Morgan fingerprint density at radius 3 is 2.45 bits per heavy atom. The summed E-state index contributed by atoms with van der Waals surface area (Å²) in [5.74, 6) is -0.456. The van der Waals surface area contributed by atoms with Crippen LogP contribution in [0.15, 0.2) is 54.9 Å². The lowest BCUT2D eigenvalue weighted by Crippen LogP contribution is -2.24. The summed E-state index contributed by atoms with van der Waals surface area (Å²) >= 11 is 0. The maximum absolute atomic E-state index is 13.9. The topological polar surface area (TPSA) is 80.1 Å². The van der Waals surface area contributed by atoms with Crippen LogP contribution in [0.25, 0.3) is 11.1 Å². The van der Waals surface area contributed by atoms with Crippen LogP contribution in [0.1, 0.15) is 11.1 Å². The molecule has 0 aliphatic heterocycles. The smallest absolute Gasteiger partial charge is 0.359 e. The van der Waals surface area contributed by atoms with Gasteiger partial charge in [-0.25, -0.2) is 14.4 Å². The molecule has 0 spiro atoms. The second-order valence-corrected chi connectivity index (χ2v) is 6.41. The van der Waals surface area contributed by atoms with Crippen molar-refractivity contribution in [2.24, 2.45) is 0 Å². The molecule has 1 aromatic heterocycles. The van der Waals surface area contributed by atoms with Crippen LogP contribution in [0.2, 0.25) is 0 Å². The van der Waals surface area contributed by atoms with Crippen molar-refractivity contribution in [1.82, 2.24) is 9.97 Å². The van der Waals surface area contributed by atoms with Gasteiger partial charge in [-0.2, -0.15) is 13.2 Å². The summed E-state index contributed by atoms with van der Waals surface area (Å²) in [6.07, 6.45) is -2.12. The van der Waals surface area contributed by atoms with Crippen LogP contribution in [-0.2, 0) is 16.1 Å². The van der Waals surface area contributed by atoms with Crippen molar-refractivity contribution in [3.8, 4) is 11.1 Å². The Morgan fingerprint density at radius 1 is 1.10 bits per heavy atom. The van der Waals surface area contributed by atoms with E-state index in [1.165, 1.54) is 43.8 Å². The summed E-state index contributed by atoms with van der Waals surface area (Å²) in [7, 11) is 1.45. The lowest BCUT2D eigenvalue weighted by molar-refractivity contribution is -0.0587. The fourth-order valence-corrected chi connectivity index (χ4v) is 2.75. The number of nitrogens with zero attached hydrogens (tertiary/aromatic N) is 2. The van der Waals surface area contributed by atoms with Crippen LogP contribution in [-0.4, -0.2) is 35.8 Å². The number of hydrogen-bond acceptors (Lipinski definition) is 6. The summed E-state index contributed by atoms with van der Waals surface area (Å²) in [5.41, 5.74) is -0.632. The van der Waals surface area contributed by atoms with Crippen molar-refractivity contribution in [2.75, 3.05) is 19.2 Å². The van der Waals surface area contributed by atoms with E-state index in [9.17, 15) is 17.6 Å². The first-order chi connectivity index (χ1) is 14.8. The van der Waals surface area contributed by atoms with E-state index in [2.05, 4.69) is 15.3 Å². The number of alkyl halides is 3. The quantitative estimate of drug-likeness (QED) is 0.224. The highest BCUT2D eigenvalue weighted by molar-refractivity contribution is 6.07. The molecule has 0 saturated heterocycles. The van der Waals surface area contributed by atoms with E-state index in [4.69, 9.17) is 14.9 Å². The second-order valence-electron chi connectivity index (χ2n) is 6.41. The molecule has 0 aliphatic rings. The fourth-order valence-electron chi connectivity index (χ4n) is 2.75. The van der Waals surface area contributed by atoms with Crippen LogP contribution < -0.4 is 5.32 Å². The minimum absolute atomic E-state index is 0.00808. The van der Waals surface area contributed by atoms with Gasteiger partial charge in [0.25, 0.3) is 0 Å². The molecule has 0 bridgehead atoms. The van der Waals surface area contributed by atoms with E-state index >= 15 is 0 Å². The molecular weight excluding hydrogens is 416 g/mol. The Bertz CT molecular complexity index is 1060. The average Bonchev–Trinajstić information content (AvgIpc) is 2.74. The summed E-state index contributed by atoms with van der Waals surface area (Å²) in [4.78, 5) is 8.13. The van der Waals surface area contributed by atoms with Crippen LogP contribution in [0.4, 0.5) is 29.2 Å². The summed E-state index contributed by atoms with van der Waals surface area (Å²) in [5, 5.41) is 10.2. The molecule has 0 aliphatic carbocycles. The highest BCUT2D eigenvalue weighted by atomic mass is 19.4. The van der Waals surface area contributed by atoms with Crippen molar-refractivity contribution in [3.63, 3.8) is 0 Å². The molecule has 31 heavy (non-hydrogen) atoms. The van der Waals surface area contributed by atoms with E-state index in [0.717, 1.165) is 0 Å². The van der Waals surface area contributed by atoms with Gasteiger partial charge in [0.2, 0.25) is 5.95 Å². The summed E-state index contributed by atoms with van der Waals surface area (Å²) in [6.45, 7) is 0.110. The largest absolute Gasteiger partial charge is 0.433 e. The van der Waals surface area contributed by atoms with Crippen molar-refractivity contribution >= 4 is 17.3 Å². The highest BCUT2D eigenvalue weighted by Gasteiger charge is 2.36. The minimum atomic E-state index is -4.83. The Labute approximate surface area is 175 Å². The van der Waals surface area contributed by atoms with Gasteiger partial charge in [-0.15, -0.1) is 0 Å². The maximum Gasteiger partial charge on any atom is 0.433 e.